The summed E-state index contributed by atoms with van der Waals surface area (Å²) in [6, 6.07) is 0. The van der Waals surface area contributed by atoms with Crippen molar-refractivity contribution in [3.8, 4) is 0 Å². The SMILES string of the molecule is COC(=O)C12CC(CSc3nnc(N)s3)(C1)C2. The number of anilines is 1. The number of esters is 1. The van der Waals surface area contributed by atoms with E-state index in [4.69, 9.17) is 10.5 Å². The van der Waals surface area contributed by atoms with Gasteiger partial charge in [0.15, 0.2) is 4.34 Å². The van der Waals surface area contributed by atoms with Crippen LogP contribution in [-0.4, -0.2) is 29.0 Å². The molecule has 0 unspecified atom stereocenters. The van der Waals surface area contributed by atoms with Crippen LogP contribution in [0.5, 0.6) is 0 Å². The number of methoxy groups -OCH3 is 1. The highest BCUT2D eigenvalue weighted by atomic mass is 32.2. The molecule has 2 N–H and O–H groups in total. The predicted molar refractivity (Wildman–Crippen MR) is 65.8 cm³/mol. The summed E-state index contributed by atoms with van der Waals surface area (Å²) in [6.07, 6.45) is 2.90. The van der Waals surface area contributed by atoms with Gasteiger partial charge in [-0.2, -0.15) is 0 Å². The molecule has 17 heavy (non-hydrogen) atoms. The quantitative estimate of drug-likeness (QED) is 0.661. The molecule has 2 bridgehead atoms. The number of hydrogen-bond acceptors (Lipinski definition) is 7. The average molecular weight is 271 g/mol. The van der Waals surface area contributed by atoms with E-state index < -0.39 is 0 Å². The zero-order valence-electron chi connectivity index (χ0n) is 9.43. The molecule has 7 heteroatoms. The zero-order chi connectivity index (χ0) is 12.1. The smallest absolute Gasteiger partial charge is 0.311 e. The van der Waals surface area contributed by atoms with Gasteiger partial charge in [0.05, 0.1) is 12.5 Å². The van der Waals surface area contributed by atoms with Crippen molar-refractivity contribution >= 4 is 34.2 Å². The minimum absolute atomic E-state index is 0.0375. The summed E-state index contributed by atoms with van der Waals surface area (Å²) in [5.74, 6) is 0.963. The Morgan fingerprint density at radius 3 is 2.76 bits per heavy atom. The lowest BCUT2D eigenvalue weighted by Gasteiger charge is -2.68. The monoisotopic (exact) mass is 271 g/mol. The van der Waals surface area contributed by atoms with Crippen LogP contribution in [0.15, 0.2) is 4.34 Å². The molecule has 3 aliphatic rings. The third-order valence-corrected chi connectivity index (χ3v) is 5.92. The largest absolute Gasteiger partial charge is 0.469 e. The van der Waals surface area contributed by atoms with Gasteiger partial charge in [-0.05, 0) is 24.7 Å². The normalized spacial score (nSPS) is 33.7. The van der Waals surface area contributed by atoms with Gasteiger partial charge in [0.2, 0.25) is 5.13 Å². The molecule has 1 aromatic heterocycles. The van der Waals surface area contributed by atoms with E-state index in [1.807, 2.05) is 0 Å². The molecule has 0 saturated heterocycles. The van der Waals surface area contributed by atoms with E-state index in [2.05, 4.69) is 10.2 Å². The number of nitrogen functional groups attached to an aromatic ring is 1. The van der Waals surface area contributed by atoms with E-state index in [1.165, 1.54) is 18.4 Å². The molecular weight excluding hydrogens is 258 g/mol. The van der Waals surface area contributed by atoms with Gasteiger partial charge in [-0.15, -0.1) is 10.2 Å². The molecule has 0 amide bonds. The molecule has 0 aromatic carbocycles. The first-order valence-electron chi connectivity index (χ1n) is 5.38. The summed E-state index contributed by atoms with van der Waals surface area (Å²) < 4.78 is 5.74. The van der Waals surface area contributed by atoms with Crippen LogP contribution in [0.3, 0.4) is 0 Å². The maximum absolute atomic E-state index is 11.5. The Morgan fingerprint density at radius 1 is 1.53 bits per heavy atom. The number of aromatic nitrogens is 2. The molecule has 1 aromatic rings. The van der Waals surface area contributed by atoms with Crippen LogP contribution in [0.1, 0.15) is 19.3 Å². The van der Waals surface area contributed by atoms with E-state index >= 15 is 0 Å². The Bertz CT molecular complexity index is 454. The number of nitrogens with zero attached hydrogens (tertiary/aromatic N) is 2. The minimum atomic E-state index is -0.143. The lowest BCUT2D eigenvalue weighted by molar-refractivity contribution is -0.216. The maximum atomic E-state index is 11.5. The van der Waals surface area contributed by atoms with E-state index in [9.17, 15) is 4.79 Å². The van der Waals surface area contributed by atoms with Crippen LogP contribution >= 0.6 is 23.1 Å². The fourth-order valence-electron chi connectivity index (χ4n) is 3.08. The molecule has 0 aliphatic heterocycles. The van der Waals surface area contributed by atoms with Gasteiger partial charge in [-0.1, -0.05) is 23.1 Å². The lowest BCUT2D eigenvalue weighted by Crippen LogP contribution is -2.66. The van der Waals surface area contributed by atoms with Crippen molar-refractivity contribution in [2.45, 2.75) is 23.6 Å². The number of thioether (sulfide) groups is 1. The van der Waals surface area contributed by atoms with Gasteiger partial charge in [0.25, 0.3) is 0 Å². The standard InChI is InChI=1S/C10H13N3O2S2/c1-15-6(14)10-2-9(3-10,4-10)5-16-8-13-12-7(11)17-8/h2-5H2,1H3,(H2,11,12). The minimum Gasteiger partial charge on any atom is -0.469 e. The van der Waals surface area contributed by atoms with E-state index in [-0.39, 0.29) is 11.4 Å². The number of rotatable bonds is 4. The Morgan fingerprint density at radius 2 is 2.24 bits per heavy atom. The van der Waals surface area contributed by atoms with Crippen molar-refractivity contribution in [3.05, 3.63) is 0 Å². The second-order valence-corrected chi connectivity index (χ2v) is 7.23. The zero-order valence-corrected chi connectivity index (χ0v) is 11.1. The first-order chi connectivity index (χ1) is 8.07. The van der Waals surface area contributed by atoms with Gasteiger partial charge in [-0.25, -0.2) is 0 Å². The molecule has 0 atom stereocenters. The van der Waals surface area contributed by atoms with Gasteiger partial charge in [-0.3, -0.25) is 4.79 Å². The van der Waals surface area contributed by atoms with Crippen LogP contribution in [0.4, 0.5) is 5.13 Å². The lowest BCUT2D eigenvalue weighted by atomic mass is 9.36. The van der Waals surface area contributed by atoms with Crippen LogP contribution in [-0.2, 0) is 9.53 Å². The Kier molecular flexibility index (Phi) is 2.38. The molecule has 5 nitrogen and oxygen atoms in total. The molecule has 1 heterocycles. The van der Waals surface area contributed by atoms with Crippen LogP contribution < -0.4 is 5.73 Å². The Balaban J connectivity index is 1.53. The highest BCUT2D eigenvalue weighted by Crippen LogP contribution is 2.74. The topological polar surface area (TPSA) is 78.1 Å². The van der Waals surface area contributed by atoms with Gasteiger partial charge in [0, 0.05) is 5.75 Å². The molecule has 4 rings (SSSR count). The first kappa shape index (κ1) is 11.3. The fraction of sp³-hybridized carbons (Fsp3) is 0.700. The molecule has 3 aliphatic carbocycles. The van der Waals surface area contributed by atoms with Gasteiger partial charge < -0.3 is 10.5 Å². The van der Waals surface area contributed by atoms with Crippen molar-refractivity contribution in [2.75, 3.05) is 18.6 Å². The molecule has 0 spiro atoms. The number of hydrogen-bond donors (Lipinski definition) is 1. The third-order valence-electron chi connectivity index (χ3n) is 3.68. The van der Waals surface area contributed by atoms with E-state index in [0.29, 0.717) is 10.5 Å². The predicted octanol–water partition coefficient (Wildman–Crippen LogP) is 1.56. The fourth-order valence-corrected chi connectivity index (χ4v) is 4.92. The van der Waals surface area contributed by atoms with Crippen LogP contribution in [0.25, 0.3) is 0 Å². The molecule has 3 fully saturated rings. The molecule has 0 radical (unpaired) electrons. The Labute approximate surface area is 107 Å². The van der Waals surface area contributed by atoms with Gasteiger partial charge in [0.1, 0.15) is 0 Å². The van der Waals surface area contributed by atoms with Crippen LogP contribution in [0.2, 0.25) is 0 Å². The highest BCUT2D eigenvalue weighted by Gasteiger charge is 2.71. The third kappa shape index (κ3) is 1.63. The van der Waals surface area contributed by atoms with E-state index in [1.54, 1.807) is 11.8 Å². The summed E-state index contributed by atoms with van der Waals surface area (Å²) in [6.45, 7) is 0. The number of ether oxygens (including phenoxy) is 1. The first-order valence-corrected chi connectivity index (χ1v) is 7.18. The maximum Gasteiger partial charge on any atom is 0.311 e. The van der Waals surface area contributed by atoms with Crippen molar-refractivity contribution in [1.82, 2.24) is 10.2 Å². The second-order valence-electron chi connectivity index (χ2n) is 5.00. The summed E-state index contributed by atoms with van der Waals surface area (Å²) in [7, 11) is 1.47. The van der Waals surface area contributed by atoms with Crippen LogP contribution in [0, 0.1) is 10.8 Å². The molecule has 3 saturated carbocycles. The van der Waals surface area contributed by atoms with Crippen molar-refractivity contribution in [2.24, 2.45) is 10.8 Å². The highest BCUT2D eigenvalue weighted by molar-refractivity contribution is 8.01. The molecular formula is C10H13N3O2S2. The second kappa shape index (κ2) is 3.58. The number of nitrogens with two attached hydrogens (primary N) is 1. The van der Waals surface area contributed by atoms with Crippen molar-refractivity contribution < 1.29 is 9.53 Å². The summed E-state index contributed by atoms with van der Waals surface area (Å²) in [5.41, 5.74) is 5.71. The summed E-state index contributed by atoms with van der Waals surface area (Å²) in [5, 5.41) is 8.27. The Hall–Kier alpha value is -0.820. The summed E-state index contributed by atoms with van der Waals surface area (Å²) in [4.78, 5) is 11.5. The number of carbonyl (C=O) groups is 1. The van der Waals surface area contributed by atoms with Gasteiger partial charge >= 0.3 is 5.97 Å². The number of carbonyl (C=O) groups excluding carboxylic acids is 1. The van der Waals surface area contributed by atoms with Crippen molar-refractivity contribution in [3.63, 3.8) is 0 Å². The average Bonchev–Trinajstić information content (AvgIpc) is 2.60. The van der Waals surface area contributed by atoms with Crippen molar-refractivity contribution in [1.29, 1.82) is 0 Å². The molecule has 92 valence electrons. The summed E-state index contributed by atoms with van der Waals surface area (Å²) >= 11 is 3.11. The van der Waals surface area contributed by atoms with E-state index in [0.717, 1.165) is 29.4 Å².